The second-order valence-corrected chi connectivity index (χ2v) is 6.73. The van der Waals surface area contributed by atoms with E-state index in [2.05, 4.69) is 36.5 Å². The normalized spacial score (nSPS) is 10.2. The Bertz CT molecular complexity index is 731. The first-order valence-corrected chi connectivity index (χ1v) is 9.42. The Morgan fingerprint density at radius 2 is 1.88 bits per heavy atom. The van der Waals surface area contributed by atoms with Crippen LogP contribution in [0.15, 0.2) is 47.4 Å². The number of nitrogens with one attached hydrogen (secondary N) is 1. The highest BCUT2D eigenvalue weighted by molar-refractivity contribution is 7.99. The minimum atomic E-state index is -0.198. The summed E-state index contributed by atoms with van der Waals surface area (Å²) in [5, 5.41) is 2.83. The maximum absolute atomic E-state index is 11.9. The zero-order valence-corrected chi connectivity index (χ0v) is 15.8. The summed E-state index contributed by atoms with van der Waals surface area (Å²) in [7, 11) is 0. The molecule has 26 heavy (non-hydrogen) atoms. The minimum absolute atomic E-state index is 0.101. The van der Waals surface area contributed by atoms with E-state index in [9.17, 15) is 9.59 Å². The van der Waals surface area contributed by atoms with Gasteiger partial charge in [-0.3, -0.25) is 9.59 Å². The van der Waals surface area contributed by atoms with Crippen molar-refractivity contribution in [1.29, 1.82) is 0 Å². The Balaban J connectivity index is 1.74. The maximum Gasteiger partial charge on any atom is 0.257 e. The molecule has 2 aromatic carbocycles. The first-order valence-electron chi connectivity index (χ1n) is 8.43. The van der Waals surface area contributed by atoms with E-state index in [1.165, 1.54) is 10.5 Å². The van der Waals surface area contributed by atoms with Crippen molar-refractivity contribution in [2.75, 3.05) is 25.5 Å². The van der Waals surface area contributed by atoms with Crippen molar-refractivity contribution in [1.82, 2.24) is 5.32 Å². The number of carbonyl (C=O) groups excluding carboxylic acids is 2. The molecule has 0 heterocycles. The quantitative estimate of drug-likeness (QED) is 0.392. The van der Waals surface area contributed by atoms with Crippen molar-refractivity contribution >= 4 is 24.0 Å². The summed E-state index contributed by atoms with van der Waals surface area (Å²) in [5.74, 6) is 1.49. The van der Waals surface area contributed by atoms with Crippen molar-refractivity contribution in [3.8, 4) is 11.5 Å². The standard InChI is InChI=1S/C20H23NO4S/c1-3-24-19-12-16(13-22)6-9-18(19)25-14-20(23)21-10-11-26-17-7-4-15(2)5-8-17/h4-9,12-13H,3,10-11,14H2,1-2H3,(H,21,23). The lowest BCUT2D eigenvalue weighted by Gasteiger charge is -2.12. The van der Waals surface area contributed by atoms with Crippen LogP contribution in [-0.2, 0) is 4.79 Å². The molecule has 2 rings (SSSR count). The molecule has 0 aliphatic carbocycles. The van der Waals surface area contributed by atoms with Crippen LogP contribution in [0, 0.1) is 6.92 Å². The summed E-state index contributed by atoms with van der Waals surface area (Å²) >= 11 is 1.69. The van der Waals surface area contributed by atoms with Crippen LogP contribution in [0.2, 0.25) is 0 Å². The molecule has 5 nitrogen and oxygen atoms in total. The lowest BCUT2D eigenvalue weighted by Crippen LogP contribution is -2.30. The summed E-state index contributed by atoms with van der Waals surface area (Å²) in [6.45, 7) is 4.80. The third-order valence-corrected chi connectivity index (χ3v) is 4.49. The minimum Gasteiger partial charge on any atom is -0.490 e. The summed E-state index contributed by atoms with van der Waals surface area (Å²) in [5.41, 5.74) is 1.73. The van der Waals surface area contributed by atoms with Gasteiger partial charge in [-0.05, 0) is 44.2 Å². The van der Waals surface area contributed by atoms with E-state index in [1.807, 2.05) is 6.92 Å². The lowest BCUT2D eigenvalue weighted by atomic mass is 10.2. The molecule has 0 aliphatic rings. The third-order valence-electron chi connectivity index (χ3n) is 3.48. The molecule has 6 heteroatoms. The van der Waals surface area contributed by atoms with Crippen molar-refractivity contribution < 1.29 is 19.1 Å². The summed E-state index contributed by atoms with van der Waals surface area (Å²) < 4.78 is 11.0. The molecule has 0 saturated carbocycles. The van der Waals surface area contributed by atoms with E-state index >= 15 is 0 Å². The number of aldehydes is 1. The highest BCUT2D eigenvalue weighted by Gasteiger charge is 2.09. The molecule has 0 spiro atoms. The molecule has 1 N–H and O–H groups in total. The number of rotatable bonds is 10. The fourth-order valence-electron chi connectivity index (χ4n) is 2.17. The van der Waals surface area contributed by atoms with Gasteiger partial charge in [-0.2, -0.15) is 0 Å². The van der Waals surface area contributed by atoms with Crippen LogP contribution in [0.5, 0.6) is 11.5 Å². The third kappa shape index (κ3) is 6.44. The summed E-state index contributed by atoms with van der Waals surface area (Å²) in [6.07, 6.45) is 0.741. The van der Waals surface area contributed by atoms with Gasteiger partial charge in [0.05, 0.1) is 6.61 Å². The SMILES string of the molecule is CCOc1cc(C=O)ccc1OCC(=O)NCCSc1ccc(C)cc1. The predicted octanol–water partition coefficient (Wildman–Crippen LogP) is 3.49. The number of ether oxygens (including phenoxy) is 2. The largest absolute Gasteiger partial charge is 0.490 e. The molecule has 2 aromatic rings. The number of hydrogen-bond acceptors (Lipinski definition) is 5. The van der Waals surface area contributed by atoms with E-state index in [4.69, 9.17) is 9.47 Å². The number of benzene rings is 2. The van der Waals surface area contributed by atoms with Gasteiger partial charge in [-0.15, -0.1) is 11.8 Å². The fraction of sp³-hybridized carbons (Fsp3) is 0.300. The number of aryl methyl sites for hydroxylation is 1. The van der Waals surface area contributed by atoms with Gasteiger partial charge in [0.15, 0.2) is 18.1 Å². The number of hydrogen-bond donors (Lipinski definition) is 1. The van der Waals surface area contributed by atoms with Crippen molar-refractivity contribution in [2.45, 2.75) is 18.7 Å². The summed E-state index contributed by atoms with van der Waals surface area (Å²) in [6, 6.07) is 13.1. The van der Waals surface area contributed by atoms with E-state index in [-0.39, 0.29) is 12.5 Å². The first kappa shape index (κ1) is 19.8. The second kappa shape index (κ2) is 10.5. The Kier molecular flexibility index (Phi) is 8.02. The average molecular weight is 373 g/mol. The molecular formula is C20H23NO4S. The number of amides is 1. The number of thioether (sulfide) groups is 1. The zero-order valence-electron chi connectivity index (χ0n) is 15.0. The molecule has 0 unspecified atom stereocenters. The molecule has 0 bridgehead atoms. The molecular weight excluding hydrogens is 350 g/mol. The number of carbonyl (C=O) groups is 2. The first-order chi connectivity index (χ1) is 12.6. The van der Waals surface area contributed by atoms with Crippen LogP contribution in [0.3, 0.4) is 0 Å². The zero-order chi connectivity index (χ0) is 18.8. The van der Waals surface area contributed by atoms with E-state index in [0.717, 1.165) is 12.0 Å². The monoisotopic (exact) mass is 373 g/mol. The Hall–Kier alpha value is -2.47. The van der Waals surface area contributed by atoms with Crippen molar-refractivity contribution in [2.24, 2.45) is 0 Å². The van der Waals surface area contributed by atoms with Gasteiger partial charge >= 0.3 is 0 Å². The molecule has 0 fully saturated rings. The molecule has 138 valence electrons. The van der Waals surface area contributed by atoms with Crippen LogP contribution >= 0.6 is 11.8 Å². The van der Waals surface area contributed by atoms with Gasteiger partial charge in [0.25, 0.3) is 5.91 Å². The van der Waals surface area contributed by atoms with Crippen LogP contribution in [0.25, 0.3) is 0 Å². The Morgan fingerprint density at radius 3 is 2.58 bits per heavy atom. The summed E-state index contributed by atoms with van der Waals surface area (Å²) in [4.78, 5) is 23.9. The topological polar surface area (TPSA) is 64.6 Å². The highest BCUT2D eigenvalue weighted by Crippen LogP contribution is 2.28. The van der Waals surface area contributed by atoms with Crippen LogP contribution < -0.4 is 14.8 Å². The van der Waals surface area contributed by atoms with Crippen LogP contribution in [-0.4, -0.2) is 37.7 Å². The van der Waals surface area contributed by atoms with Gasteiger partial charge in [0.2, 0.25) is 0 Å². The lowest BCUT2D eigenvalue weighted by molar-refractivity contribution is -0.122. The van der Waals surface area contributed by atoms with Gasteiger partial charge in [0, 0.05) is 22.8 Å². The Labute approximate surface area is 158 Å². The van der Waals surface area contributed by atoms with Crippen molar-refractivity contribution in [3.05, 3.63) is 53.6 Å². The van der Waals surface area contributed by atoms with Crippen LogP contribution in [0.4, 0.5) is 0 Å². The smallest absolute Gasteiger partial charge is 0.257 e. The van der Waals surface area contributed by atoms with Gasteiger partial charge in [0.1, 0.15) is 6.29 Å². The highest BCUT2D eigenvalue weighted by atomic mass is 32.2. The molecule has 0 radical (unpaired) electrons. The van der Waals surface area contributed by atoms with E-state index in [0.29, 0.717) is 30.2 Å². The average Bonchev–Trinajstić information content (AvgIpc) is 2.65. The Morgan fingerprint density at radius 1 is 1.12 bits per heavy atom. The molecule has 0 aromatic heterocycles. The molecule has 0 saturated heterocycles. The maximum atomic E-state index is 11.9. The van der Waals surface area contributed by atoms with Gasteiger partial charge < -0.3 is 14.8 Å². The van der Waals surface area contributed by atoms with Gasteiger partial charge in [-0.1, -0.05) is 17.7 Å². The van der Waals surface area contributed by atoms with E-state index in [1.54, 1.807) is 30.0 Å². The fourth-order valence-corrected chi connectivity index (χ4v) is 2.94. The molecule has 0 atom stereocenters. The van der Waals surface area contributed by atoms with Crippen molar-refractivity contribution in [3.63, 3.8) is 0 Å². The van der Waals surface area contributed by atoms with E-state index < -0.39 is 0 Å². The van der Waals surface area contributed by atoms with Crippen LogP contribution in [0.1, 0.15) is 22.8 Å². The molecule has 1 amide bonds. The molecule has 0 aliphatic heterocycles. The second-order valence-electron chi connectivity index (χ2n) is 5.56. The van der Waals surface area contributed by atoms with Gasteiger partial charge in [-0.25, -0.2) is 0 Å². The predicted molar refractivity (Wildman–Crippen MR) is 103 cm³/mol.